The molecule has 2 aromatic rings. The van der Waals surface area contributed by atoms with Gasteiger partial charge in [0.15, 0.2) is 0 Å². The summed E-state index contributed by atoms with van der Waals surface area (Å²) in [4.78, 5) is 41.3. The summed E-state index contributed by atoms with van der Waals surface area (Å²) in [6.45, 7) is 0.0182. The molecule has 3 amide bonds. The Morgan fingerprint density at radius 3 is 2.65 bits per heavy atom. The summed E-state index contributed by atoms with van der Waals surface area (Å²) in [5.74, 6) is -1.15. The van der Waals surface area contributed by atoms with Crippen molar-refractivity contribution >= 4 is 39.3 Å². The molecule has 1 aliphatic heterocycles. The lowest BCUT2D eigenvalue weighted by molar-refractivity contribution is -0.116. The first-order valence-corrected chi connectivity index (χ1v) is 7.73. The summed E-state index contributed by atoms with van der Waals surface area (Å²) in [6.07, 6.45) is 1.49. The lowest BCUT2D eigenvalue weighted by Gasteiger charge is -2.13. The van der Waals surface area contributed by atoms with Crippen LogP contribution in [0.25, 0.3) is 0 Å². The van der Waals surface area contributed by atoms with E-state index in [1.165, 1.54) is 6.20 Å². The Kier molecular flexibility index (Phi) is 4.20. The second-order valence-corrected chi connectivity index (χ2v) is 5.79. The third kappa shape index (κ3) is 3.00. The number of amides is 3. The van der Waals surface area contributed by atoms with Crippen molar-refractivity contribution in [2.75, 3.05) is 11.9 Å². The first kappa shape index (κ1) is 15.4. The third-order valence-corrected chi connectivity index (χ3v) is 4.13. The van der Waals surface area contributed by atoms with E-state index in [-0.39, 0.29) is 30.1 Å². The molecule has 7 heteroatoms. The van der Waals surface area contributed by atoms with E-state index in [0.29, 0.717) is 5.69 Å². The summed E-state index contributed by atoms with van der Waals surface area (Å²) < 4.78 is 0.762. The highest BCUT2D eigenvalue weighted by atomic mass is 79.9. The number of pyridine rings is 1. The van der Waals surface area contributed by atoms with Crippen molar-refractivity contribution < 1.29 is 14.4 Å². The van der Waals surface area contributed by atoms with Crippen molar-refractivity contribution in [2.45, 2.75) is 6.42 Å². The topological polar surface area (TPSA) is 79.4 Å². The van der Waals surface area contributed by atoms with Crippen molar-refractivity contribution in [3.63, 3.8) is 0 Å². The van der Waals surface area contributed by atoms with Crippen LogP contribution in [0.15, 0.2) is 47.1 Å². The molecule has 0 unspecified atom stereocenters. The van der Waals surface area contributed by atoms with Crippen LogP contribution in [-0.2, 0) is 4.79 Å². The molecule has 1 aromatic carbocycles. The van der Waals surface area contributed by atoms with Crippen LogP contribution >= 0.6 is 15.9 Å². The minimum atomic E-state index is -0.459. The van der Waals surface area contributed by atoms with Gasteiger partial charge in [0.1, 0.15) is 5.69 Å². The Balaban J connectivity index is 1.63. The van der Waals surface area contributed by atoms with Gasteiger partial charge in [0.2, 0.25) is 5.91 Å². The zero-order chi connectivity index (χ0) is 16.4. The van der Waals surface area contributed by atoms with Crippen LogP contribution in [0, 0.1) is 0 Å². The SMILES string of the molecule is O=C(CCN1C(=O)c2cccnc2C1=O)Nc1ccccc1Br. The Labute approximate surface area is 140 Å². The fourth-order valence-corrected chi connectivity index (χ4v) is 2.69. The number of benzene rings is 1. The fourth-order valence-electron chi connectivity index (χ4n) is 2.31. The molecule has 0 aliphatic carbocycles. The van der Waals surface area contributed by atoms with Gasteiger partial charge in [0.25, 0.3) is 11.8 Å². The van der Waals surface area contributed by atoms with Crippen molar-refractivity contribution in [1.29, 1.82) is 0 Å². The zero-order valence-electron chi connectivity index (χ0n) is 12.0. The quantitative estimate of drug-likeness (QED) is 0.834. The van der Waals surface area contributed by atoms with E-state index < -0.39 is 11.8 Å². The van der Waals surface area contributed by atoms with Gasteiger partial charge >= 0.3 is 0 Å². The highest BCUT2D eigenvalue weighted by Crippen LogP contribution is 2.22. The number of anilines is 1. The monoisotopic (exact) mass is 373 g/mol. The summed E-state index contributed by atoms with van der Waals surface area (Å²) in [5, 5.41) is 2.73. The predicted octanol–water partition coefficient (Wildman–Crippen LogP) is 2.47. The standard InChI is InChI=1S/C16H12BrN3O3/c17-11-5-1-2-6-12(11)19-13(21)7-9-20-15(22)10-4-3-8-18-14(10)16(20)23/h1-6,8H,7,9H2,(H,19,21). The third-order valence-electron chi connectivity index (χ3n) is 3.44. The number of nitrogens with one attached hydrogen (secondary N) is 1. The van der Waals surface area contributed by atoms with Crippen LogP contribution < -0.4 is 5.32 Å². The zero-order valence-corrected chi connectivity index (χ0v) is 13.5. The second kappa shape index (κ2) is 6.29. The molecule has 0 bridgehead atoms. The number of hydrogen-bond acceptors (Lipinski definition) is 4. The number of imide groups is 1. The van der Waals surface area contributed by atoms with Crippen LogP contribution in [-0.4, -0.2) is 34.2 Å². The van der Waals surface area contributed by atoms with Gasteiger partial charge in [0, 0.05) is 23.6 Å². The number of para-hydroxylation sites is 1. The predicted molar refractivity (Wildman–Crippen MR) is 87.0 cm³/mol. The van der Waals surface area contributed by atoms with Crippen molar-refractivity contribution in [2.24, 2.45) is 0 Å². The van der Waals surface area contributed by atoms with E-state index in [0.717, 1.165) is 9.37 Å². The van der Waals surface area contributed by atoms with Gasteiger partial charge in [0.05, 0.1) is 11.3 Å². The van der Waals surface area contributed by atoms with E-state index in [4.69, 9.17) is 0 Å². The number of rotatable bonds is 4. The molecule has 0 fully saturated rings. The average Bonchev–Trinajstić information content (AvgIpc) is 2.80. The molecular formula is C16H12BrN3O3. The number of fused-ring (bicyclic) bond motifs is 1. The molecule has 0 radical (unpaired) electrons. The van der Waals surface area contributed by atoms with E-state index in [9.17, 15) is 14.4 Å². The number of carbonyl (C=O) groups excluding carboxylic acids is 3. The molecule has 0 spiro atoms. The maximum Gasteiger partial charge on any atom is 0.280 e. The highest BCUT2D eigenvalue weighted by Gasteiger charge is 2.36. The number of halogens is 1. The van der Waals surface area contributed by atoms with Gasteiger partial charge in [-0.3, -0.25) is 24.3 Å². The first-order chi connectivity index (χ1) is 11.1. The summed E-state index contributed by atoms with van der Waals surface area (Å²) in [6, 6.07) is 10.4. The van der Waals surface area contributed by atoms with Crippen LogP contribution in [0.2, 0.25) is 0 Å². The van der Waals surface area contributed by atoms with Gasteiger partial charge in [-0.15, -0.1) is 0 Å². The minimum absolute atomic E-state index is 0.0182. The second-order valence-electron chi connectivity index (χ2n) is 4.94. The molecule has 3 rings (SSSR count). The Morgan fingerprint density at radius 1 is 1.13 bits per heavy atom. The van der Waals surface area contributed by atoms with Crippen LogP contribution in [0.4, 0.5) is 5.69 Å². The summed E-state index contributed by atoms with van der Waals surface area (Å²) in [7, 11) is 0. The molecule has 6 nitrogen and oxygen atoms in total. The molecule has 0 atom stereocenters. The van der Waals surface area contributed by atoms with Gasteiger partial charge < -0.3 is 5.32 Å². The largest absolute Gasteiger partial charge is 0.325 e. The van der Waals surface area contributed by atoms with E-state index >= 15 is 0 Å². The van der Waals surface area contributed by atoms with Crippen LogP contribution in [0.5, 0.6) is 0 Å². The van der Waals surface area contributed by atoms with Gasteiger partial charge in [-0.2, -0.15) is 0 Å². The number of aromatic nitrogens is 1. The number of hydrogen-bond donors (Lipinski definition) is 1. The molecule has 23 heavy (non-hydrogen) atoms. The van der Waals surface area contributed by atoms with E-state index in [1.807, 2.05) is 12.1 Å². The molecular weight excluding hydrogens is 362 g/mol. The minimum Gasteiger partial charge on any atom is -0.325 e. The molecule has 2 heterocycles. The van der Waals surface area contributed by atoms with E-state index in [2.05, 4.69) is 26.2 Å². The summed E-state index contributed by atoms with van der Waals surface area (Å²) >= 11 is 3.34. The maximum atomic E-state index is 12.2. The van der Waals surface area contributed by atoms with Gasteiger partial charge in [-0.25, -0.2) is 0 Å². The smallest absolute Gasteiger partial charge is 0.280 e. The average molecular weight is 374 g/mol. The van der Waals surface area contributed by atoms with Crippen LogP contribution in [0.3, 0.4) is 0 Å². The normalized spacial score (nSPS) is 13.2. The molecule has 0 saturated carbocycles. The van der Waals surface area contributed by atoms with Crippen molar-refractivity contribution in [3.05, 3.63) is 58.3 Å². The molecule has 1 N–H and O–H groups in total. The molecule has 1 aromatic heterocycles. The number of carbonyl (C=O) groups is 3. The lowest BCUT2D eigenvalue weighted by atomic mass is 10.2. The molecule has 0 saturated heterocycles. The highest BCUT2D eigenvalue weighted by molar-refractivity contribution is 9.10. The lowest BCUT2D eigenvalue weighted by Crippen LogP contribution is -2.33. The van der Waals surface area contributed by atoms with E-state index in [1.54, 1.807) is 24.3 Å². The van der Waals surface area contributed by atoms with Gasteiger partial charge in [-0.1, -0.05) is 12.1 Å². The molecule has 116 valence electrons. The Hall–Kier alpha value is -2.54. The van der Waals surface area contributed by atoms with Crippen molar-refractivity contribution in [3.8, 4) is 0 Å². The Bertz CT molecular complexity index is 772. The fraction of sp³-hybridized carbons (Fsp3) is 0.125. The summed E-state index contributed by atoms with van der Waals surface area (Å²) in [5.41, 5.74) is 1.06. The first-order valence-electron chi connectivity index (χ1n) is 6.93. The number of nitrogens with zero attached hydrogens (tertiary/aromatic N) is 2. The van der Waals surface area contributed by atoms with Gasteiger partial charge in [-0.05, 0) is 40.2 Å². The Morgan fingerprint density at radius 2 is 1.91 bits per heavy atom. The maximum absolute atomic E-state index is 12.2. The molecule has 1 aliphatic rings. The van der Waals surface area contributed by atoms with Crippen molar-refractivity contribution in [1.82, 2.24) is 9.88 Å². The van der Waals surface area contributed by atoms with Crippen LogP contribution in [0.1, 0.15) is 27.3 Å².